The smallest absolute Gasteiger partial charge is 0.282 e. The van der Waals surface area contributed by atoms with Crippen molar-refractivity contribution in [2.75, 3.05) is 6.79 Å². The minimum atomic E-state index is -0.510. The molecule has 5 rings (SSSR count). The largest absolute Gasteiger partial charge is 0.454 e. The van der Waals surface area contributed by atoms with Crippen LogP contribution in [0.1, 0.15) is 5.56 Å². The monoisotopic (exact) mass is 462 g/mol. The van der Waals surface area contributed by atoms with Crippen molar-refractivity contribution < 1.29 is 18.8 Å². The molecule has 1 aliphatic rings. The Morgan fingerprint density at radius 3 is 2.55 bits per heavy atom. The number of benzene rings is 3. The average molecular weight is 462 g/mol. The van der Waals surface area contributed by atoms with E-state index >= 15 is 0 Å². The predicted molar refractivity (Wildman–Crippen MR) is 122 cm³/mol. The van der Waals surface area contributed by atoms with Crippen LogP contribution in [0.15, 0.2) is 82.2 Å². The van der Waals surface area contributed by atoms with Crippen molar-refractivity contribution in [3.05, 3.63) is 98.4 Å². The van der Waals surface area contributed by atoms with Crippen molar-refractivity contribution in [3.8, 4) is 22.8 Å². The van der Waals surface area contributed by atoms with Gasteiger partial charge in [0, 0.05) is 10.9 Å². The Balaban J connectivity index is 1.66. The van der Waals surface area contributed by atoms with Gasteiger partial charge < -0.3 is 9.47 Å². The van der Waals surface area contributed by atoms with E-state index in [0.717, 1.165) is 5.56 Å². The number of para-hydroxylation sites is 1. The number of aromatic nitrogens is 1. The minimum Gasteiger partial charge on any atom is -0.454 e. The average Bonchev–Trinajstić information content (AvgIpc) is 3.45. The summed E-state index contributed by atoms with van der Waals surface area (Å²) < 4.78 is 26.3. The second-order valence-electron chi connectivity index (χ2n) is 6.91. The van der Waals surface area contributed by atoms with E-state index in [4.69, 9.17) is 9.47 Å². The highest BCUT2D eigenvalue weighted by Gasteiger charge is 2.22. The number of hydrogen-bond donors (Lipinski definition) is 0. The number of nitro groups is 1. The molecule has 1 aliphatic heterocycles. The quantitative estimate of drug-likeness (QED) is 0.234. The van der Waals surface area contributed by atoms with E-state index in [2.05, 4.69) is 10.1 Å². The zero-order chi connectivity index (χ0) is 22.8. The van der Waals surface area contributed by atoms with E-state index < -0.39 is 10.7 Å². The molecule has 1 aromatic heterocycles. The van der Waals surface area contributed by atoms with Gasteiger partial charge in [-0.1, -0.05) is 42.5 Å². The van der Waals surface area contributed by atoms with E-state index in [1.165, 1.54) is 40.4 Å². The number of thiazole rings is 1. The lowest BCUT2D eigenvalue weighted by Crippen LogP contribution is -2.12. The Bertz CT molecular complexity index is 1450. The highest BCUT2D eigenvalue weighted by atomic mass is 32.1. The standard InChI is InChI=1S/C23H15FN4O4S/c24-17-8-4-5-9-18(17)26-23-27(20(13-33-23)15-6-2-1-3-7-15)25-12-16-10-21-22(32-14-31-21)11-19(16)28(29)30/h1-13H,14H2. The number of rotatable bonds is 5. The molecule has 0 atom stereocenters. The maximum Gasteiger partial charge on any atom is 0.282 e. The van der Waals surface area contributed by atoms with Gasteiger partial charge in [-0.05, 0) is 18.2 Å². The Kier molecular flexibility index (Phi) is 5.41. The number of nitrogens with zero attached hydrogens (tertiary/aromatic N) is 4. The molecule has 33 heavy (non-hydrogen) atoms. The summed E-state index contributed by atoms with van der Waals surface area (Å²) >= 11 is 1.28. The second kappa shape index (κ2) is 8.67. The van der Waals surface area contributed by atoms with E-state index in [9.17, 15) is 14.5 Å². The molecule has 0 amide bonds. The Morgan fingerprint density at radius 1 is 1.06 bits per heavy atom. The SMILES string of the molecule is O=[N+]([O-])c1cc2c(cc1C=Nn1c(-c3ccccc3)csc1=Nc1ccccc1F)OCO2. The van der Waals surface area contributed by atoms with Crippen molar-refractivity contribution >= 4 is 28.9 Å². The summed E-state index contributed by atoms with van der Waals surface area (Å²) in [5.41, 5.74) is 1.79. The van der Waals surface area contributed by atoms with Gasteiger partial charge in [0.1, 0.15) is 11.5 Å². The van der Waals surface area contributed by atoms with Crippen LogP contribution in [0.3, 0.4) is 0 Å². The van der Waals surface area contributed by atoms with Crippen LogP contribution in [0.25, 0.3) is 11.3 Å². The lowest BCUT2D eigenvalue weighted by molar-refractivity contribution is -0.385. The van der Waals surface area contributed by atoms with Crippen LogP contribution in [0.4, 0.5) is 15.8 Å². The summed E-state index contributed by atoms with van der Waals surface area (Å²) in [6.07, 6.45) is 1.36. The van der Waals surface area contributed by atoms with E-state index in [-0.39, 0.29) is 23.7 Å². The van der Waals surface area contributed by atoms with Crippen LogP contribution in [0, 0.1) is 15.9 Å². The molecule has 0 radical (unpaired) electrons. The Labute approximate surface area is 190 Å². The molecule has 0 spiro atoms. The number of halogens is 1. The lowest BCUT2D eigenvalue weighted by atomic mass is 10.1. The number of nitro benzene ring substituents is 1. The lowest BCUT2D eigenvalue weighted by Gasteiger charge is -2.04. The molecule has 0 saturated carbocycles. The Hall–Kier alpha value is -4.31. The van der Waals surface area contributed by atoms with E-state index in [1.807, 2.05) is 35.7 Å². The minimum absolute atomic E-state index is 0.00378. The van der Waals surface area contributed by atoms with Gasteiger partial charge in [-0.15, -0.1) is 11.3 Å². The van der Waals surface area contributed by atoms with E-state index in [0.29, 0.717) is 22.0 Å². The molecule has 10 heteroatoms. The molecule has 0 N–H and O–H groups in total. The number of fused-ring (bicyclic) bond motifs is 1. The number of ether oxygens (including phenoxy) is 2. The molecule has 164 valence electrons. The second-order valence-corrected chi connectivity index (χ2v) is 7.75. The van der Waals surface area contributed by atoms with Crippen LogP contribution in [0.5, 0.6) is 11.5 Å². The summed E-state index contributed by atoms with van der Waals surface area (Å²) in [4.78, 5) is 15.9. The first kappa shape index (κ1) is 20.6. The van der Waals surface area contributed by atoms with Gasteiger partial charge >= 0.3 is 0 Å². The summed E-state index contributed by atoms with van der Waals surface area (Å²) in [5, 5.41) is 17.9. The molecule has 0 bridgehead atoms. The van der Waals surface area contributed by atoms with Gasteiger partial charge in [-0.2, -0.15) is 5.10 Å². The van der Waals surface area contributed by atoms with E-state index in [1.54, 1.807) is 18.2 Å². The fraction of sp³-hybridized carbons (Fsp3) is 0.0435. The van der Waals surface area contributed by atoms with Gasteiger partial charge in [0.05, 0.1) is 28.5 Å². The molecule has 0 fully saturated rings. The molecule has 3 aromatic carbocycles. The maximum atomic E-state index is 14.2. The molecule has 0 aliphatic carbocycles. The van der Waals surface area contributed by atoms with Crippen LogP contribution in [-0.2, 0) is 0 Å². The molecular formula is C23H15FN4O4S. The summed E-state index contributed by atoms with van der Waals surface area (Å²) in [5.74, 6) is 0.244. The Morgan fingerprint density at radius 2 is 1.79 bits per heavy atom. The fourth-order valence-electron chi connectivity index (χ4n) is 3.27. The van der Waals surface area contributed by atoms with Gasteiger partial charge in [0.25, 0.3) is 5.69 Å². The van der Waals surface area contributed by atoms with Crippen molar-refractivity contribution in [1.82, 2.24) is 4.68 Å². The van der Waals surface area contributed by atoms with Gasteiger partial charge in [-0.3, -0.25) is 10.1 Å². The van der Waals surface area contributed by atoms with Crippen LogP contribution in [-0.4, -0.2) is 22.6 Å². The van der Waals surface area contributed by atoms with Crippen LogP contribution in [0.2, 0.25) is 0 Å². The third-order valence-corrected chi connectivity index (χ3v) is 5.67. The zero-order valence-corrected chi connectivity index (χ0v) is 17.7. The summed E-state index contributed by atoms with van der Waals surface area (Å²) in [7, 11) is 0. The molecule has 8 nitrogen and oxygen atoms in total. The van der Waals surface area contributed by atoms with Crippen molar-refractivity contribution in [3.63, 3.8) is 0 Å². The third kappa shape index (κ3) is 4.11. The van der Waals surface area contributed by atoms with Crippen molar-refractivity contribution in [2.24, 2.45) is 10.1 Å². The first-order valence-corrected chi connectivity index (χ1v) is 10.7. The molecule has 0 unspecified atom stereocenters. The molecule has 4 aromatic rings. The third-order valence-electron chi connectivity index (χ3n) is 4.85. The highest BCUT2D eigenvalue weighted by Crippen LogP contribution is 2.37. The van der Waals surface area contributed by atoms with Crippen molar-refractivity contribution in [1.29, 1.82) is 0 Å². The molecular weight excluding hydrogens is 447 g/mol. The van der Waals surface area contributed by atoms with Crippen LogP contribution >= 0.6 is 11.3 Å². The summed E-state index contributed by atoms with van der Waals surface area (Å²) in [6.45, 7) is -0.00378. The van der Waals surface area contributed by atoms with Crippen molar-refractivity contribution in [2.45, 2.75) is 0 Å². The topological polar surface area (TPSA) is 91.2 Å². The predicted octanol–water partition coefficient (Wildman–Crippen LogP) is 5.11. The first-order chi connectivity index (χ1) is 16.1. The van der Waals surface area contributed by atoms with Gasteiger partial charge in [-0.25, -0.2) is 14.1 Å². The molecule has 0 saturated heterocycles. The fourth-order valence-corrected chi connectivity index (χ4v) is 4.12. The molecule has 2 heterocycles. The van der Waals surface area contributed by atoms with Gasteiger partial charge in [0.2, 0.25) is 11.6 Å². The number of hydrogen-bond acceptors (Lipinski definition) is 7. The van der Waals surface area contributed by atoms with Crippen LogP contribution < -0.4 is 14.3 Å². The van der Waals surface area contributed by atoms with Gasteiger partial charge in [0.15, 0.2) is 11.5 Å². The first-order valence-electron chi connectivity index (χ1n) is 9.78. The summed E-state index contributed by atoms with van der Waals surface area (Å²) in [6, 6.07) is 18.5. The maximum absolute atomic E-state index is 14.2. The highest BCUT2D eigenvalue weighted by molar-refractivity contribution is 7.07. The normalized spacial score (nSPS) is 13.1. The zero-order valence-electron chi connectivity index (χ0n) is 16.9.